The van der Waals surface area contributed by atoms with Crippen LogP contribution in [0.4, 0.5) is 11.4 Å². The van der Waals surface area contributed by atoms with E-state index in [0.29, 0.717) is 22.1 Å². The molecular formula is C20H19ClN2O3. The molecule has 0 bridgehead atoms. The van der Waals surface area contributed by atoms with Gasteiger partial charge in [0.15, 0.2) is 6.10 Å². The van der Waals surface area contributed by atoms with Crippen LogP contribution >= 0.6 is 11.6 Å². The number of ether oxygens (including phenoxy) is 1. The Morgan fingerprint density at radius 3 is 2.62 bits per heavy atom. The summed E-state index contributed by atoms with van der Waals surface area (Å²) < 4.78 is 5.55. The van der Waals surface area contributed by atoms with Crippen molar-refractivity contribution < 1.29 is 14.3 Å². The maximum absolute atomic E-state index is 13.0. The Morgan fingerprint density at radius 2 is 1.96 bits per heavy atom. The van der Waals surface area contributed by atoms with E-state index in [0.717, 1.165) is 24.8 Å². The molecule has 1 unspecified atom stereocenters. The number of benzene rings is 2. The number of anilines is 2. The lowest BCUT2D eigenvalue weighted by molar-refractivity contribution is -0.124. The average Bonchev–Trinajstić information content (AvgIpc) is 2.57. The Balaban J connectivity index is 1.57. The summed E-state index contributed by atoms with van der Waals surface area (Å²) in [5, 5.41) is 6.45. The molecule has 0 spiro atoms. The molecule has 2 aromatic rings. The van der Waals surface area contributed by atoms with E-state index in [1.807, 2.05) is 24.3 Å². The van der Waals surface area contributed by atoms with Crippen molar-refractivity contribution in [1.29, 1.82) is 0 Å². The predicted octanol–water partition coefficient (Wildman–Crippen LogP) is 4.12. The van der Waals surface area contributed by atoms with Crippen LogP contribution in [0, 0.1) is 0 Å². The molecule has 1 fully saturated rings. The number of fused-ring (bicyclic) bond motifs is 1. The number of carbonyl (C=O) groups excluding carboxylic acids is 2. The van der Waals surface area contributed by atoms with Gasteiger partial charge in [0.2, 0.25) is 5.91 Å². The molecule has 0 saturated heterocycles. The Bertz CT molecular complexity index is 875. The van der Waals surface area contributed by atoms with Crippen LogP contribution in [0.5, 0.6) is 5.75 Å². The minimum Gasteiger partial charge on any atom is -0.479 e. The largest absolute Gasteiger partial charge is 0.479 e. The van der Waals surface area contributed by atoms with Crippen molar-refractivity contribution in [2.75, 3.05) is 10.6 Å². The van der Waals surface area contributed by atoms with Gasteiger partial charge in [-0.05, 0) is 55.7 Å². The van der Waals surface area contributed by atoms with E-state index in [4.69, 9.17) is 16.3 Å². The third kappa shape index (κ3) is 2.82. The van der Waals surface area contributed by atoms with Gasteiger partial charge in [0.25, 0.3) is 5.91 Å². The van der Waals surface area contributed by atoms with Crippen molar-refractivity contribution in [3.05, 3.63) is 53.1 Å². The number of amides is 2. The fourth-order valence-electron chi connectivity index (χ4n) is 3.48. The lowest BCUT2D eigenvalue weighted by Crippen LogP contribution is -2.46. The van der Waals surface area contributed by atoms with Gasteiger partial charge < -0.3 is 15.4 Å². The van der Waals surface area contributed by atoms with Crippen molar-refractivity contribution in [2.45, 2.75) is 37.7 Å². The van der Waals surface area contributed by atoms with E-state index in [9.17, 15) is 9.59 Å². The number of hydrogen-bond donors (Lipinski definition) is 2. The van der Waals surface area contributed by atoms with E-state index in [1.54, 1.807) is 25.1 Å². The van der Waals surface area contributed by atoms with Crippen LogP contribution < -0.4 is 15.4 Å². The first-order valence-corrected chi connectivity index (χ1v) is 9.05. The smallest absolute Gasteiger partial charge is 0.265 e. The molecule has 0 radical (unpaired) electrons. The summed E-state index contributed by atoms with van der Waals surface area (Å²) >= 11 is 5.97. The number of nitrogens with one attached hydrogen (secondary N) is 2. The molecule has 5 nitrogen and oxygen atoms in total. The highest BCUT2D eigenvalue weighted by atomic mass is 35.5. The highest BCUT2D eigenvalue weighted by Gasteiger charge is 2.45. The van der Waals surface area contributed by atoms with E-state index >= 15 is 0 Å². The maximum atomic E-state index is 13.0. The van der Waals surface area contributed by atoms with Crippen LogP contribution in [0.25, 0.3) is 0 Å². The van der Waals surface area contributed by atoms with Gasteiger partial charge >= 0.3 is 0 Å². The van der Waals surface area contributed by atoms with Gasteiger partial charge in [-0.3, -0.25) is 9.59 Å². The summed E-state index contributed by atoms with van der Waals surface area (Å²) in [7, 11) is 0. The third-order valence-electron chi connectivity index (χ3n) is 5.21. The molecule has 2 aliphatic rings. The molecule has 2 amide bonds. The minimum atomic E-state index is -0.522. The third-order valence-corrected chi connectivity index (χ3v) is 5.46. The molecule has 1 aliphatic carbocycles. The Kier molecular flexibility index (Phi) is 4.11. The van der Waals surface area contributed by atoms with E-state index in [2.05, 4.69) is 10.6 Å². The standard InChI is InChI=1S/C20H19ClN2O3/c1-12-18(24)23-16-11-15(7-8-17(16)26-12)22-19(25)20(9-2-10-20)13-3-5-14(21)6-4-13/h3-8,11-12H,2,9-10H2,1H3,(H,22,25)(H,23,24). The number of carbonyl (C=O) groups is 2. The van der Waals surface area contributed by atoms with E-state index in [1.165, 1.54) is 0 Å². The van der Waals surface area contributed by atoms with Crippen LogP contribution in [0.15, 0.2) is 42.5 Å². The highest BCUT2D eigenvalue weighted by Crippen LogP contribution is 2.45. The fourth-order valence-corrected chi connectivity index (χ4v) is 3.61. The predicted molar refractivity (Wildman–Crippen MR) is 101 cm³/mol. The summed E-state index contributed by atoms with van der Waals surface area (Å²) in [5.74, 6) is 0.367. The zero-order chi connectivity index (χ0) is 18.3. The summed E-state index contributed by atoms with van der Waals surface area (Å²) in [6, 6.07) is 12.7. The second kappa shape index (κ2) is 6.32. The summed E-state index contributed by atoms with van der Waals surface area (Å²) in [5.41, 5.74) is 1.66. The fraction of sp³-hybridized carbons (Fsp3) is 0.300. The van der Waals surface area contributed by atoms with E-state index < -0.39 is 11.5 Å². The van der Waals surface area contributed by atoms with Gasteiger partial charge in [0, 0.05) is 10.7 Å². The van der Waals surface area contributed by atoms with Crippen molar-refractivity contribution in [1.82, 2.24) is 0 Å². The molecule has 4 rings (SSSR count). The second-order valence-electron chi connectivity index (χ2n) is 6.86. The first-order chi connectivity index (χ1) is 12.5. The SMILES string of the molecule is CC1Oc2ccc(NC(=O)C3(c4ccc(Cl)cc4)CCC3)cc2NC1=O. The van der Waals surface area contributed by atoms with Crippen molar-refractivity contribution in [3.63, 3.8) is 0 Å². The Hall–Kier alpha value is -2.53. The minimum absolute atomic E-state index is 0.0394. The number of hydrogen-bond acceptors (Lipinski definition) is 3. The lowest BCUT2D eigenvalue weighted by Gasteiger charge is -2.40. The van der Waals surface area contributed by atoms with Gasteiger partial charge in [-0.15, -0.1) is 0 Å². The Labute approximate surface area is 156 Å². The second-order valence-corrected chi connectivity index (χ2v) is 7.29. The average molecular weight is 371 g/mol. The Morgan fingerprint density at radius 1 is 1.23 bits per heavy atom. The van der Waals surface area contributed by atoms with Gasteiger partial charge in [0.05, 0.1) is 11.1 Å². The zero-order valence-corrected chi connectivity index (χ0v) is 15.1. The zero-order valence-electron chi connectivity index (χ0n) is 14.3. The molecule has 1 saturated carbocycles. The molecule has 26 heavy (non-hydrogen) atoms. The van der Waals surface area contributed by atoms with Crippen LogP contribution in [-0.2, 0) is 15.0 Å². The molecule has 1 atom stereocenters. The normalized spacial score (nSPS) is 20.2. The molecule has 1 heterocycles. The molecular weight excluding hydrogens is 352 g/mol. The highest BCUT2D eigenvalue weighted by molar-refractivity contribution is 6.30. The topological polar surface area (TPSA) is 67.4 Å². The summed E-state index contributed by atoms with van der Waals surface area (Å²) in [6.07, 6.45) is 2.11. The first-order valence-electron chi connectivity index (χ1n) is 8.67. The monoisotopic (exact) mass is 370 g/mol. The summed E-state index contributed by atoms with van der Waals surface area (Å²) in [4.78, 5) is 24.8. The summed E-state index contributed by atoms with van der Waals surface area (Å²) in [6.45, 7) is 1.69. The molecule has 2 N–H and O–H groups in total. The molecule has 134 valence electrons. The lowest BCUT2D eigenvalue weighted by atomic mass is 9.64. The first kappa shape index (κ1) is 16.9. The quantitative estimate of drug-likeness (QED) is 0.854. The van der Waals surface area contributed by atoms with Gasteiger partial charge in [-0.25, -0.2) is 0 Å². The van der Waals surface area contributed by atoms with Crippen molar-refractivity contribution >= 4 is 34.8 Å². The van der Waals surface area contributed by atoms with Gasteiger partial charge in [-0.2, -0.15) is 0 Å². The van der Waals surface area contributed by atoms with Crippen LogP contribution in [0.2, 0.25) is 5.02 Å². The molecule has 2 aromatic carbocycles. The van der Waals surface area contributed by atoms with Crippen LogP contribution in [-0.4, -0.2) is 17.9 Å². The van der Waals surface area contributed by atoms with Gasteiger partial charge in [0.1, 0.15) is 5.75 Å². The number of rotatable bonds is 3. The maximum Gasteiger partial charge on any atom is 0.265 e. The van der Waals surface area contributed by atoms with Gasteiger partial charge in [-0.1, -0.05) is 30.2 Å². The van der Waals surface area contributed by atoms with Crippen LogP contribution in [0.3, 0.4) is 0 Å². The molecule has 0 aromatic heterocycles. The molecule has 6 heteroatoms. The molecule has 1 aliphatic heterocycles. The van der Waals surface area contributed by atoms with Crippen LogP contribution in [0.1, 0.15) is 31.7 Å². The number of halogens is 1. The van der Waals surface area contributed by atoms with Crippen molar-refractivity contribution in [2.24, 2.45) is 0 Å². The van der Waals surface area contributed by atoms with Crippen molar-refractivity contribution in [3.8, 4) is 5.75 Å². The van der Waals surface area contributed by atoms with E-state index in [-0.39, 0.29) is 11.8 Å².